The molecule has 1 aromatic carbocycles. The third-order valence-electron chi connectivity index (χ3n) is 4.20. The molecule has 1 aliphatic rings. The number of rotatable bonds is 7. The standard InChI is InChI=1S/C16H22N2O5S/c1-17(14(16(20)21)12-13-6-3-2-4-7-13)15(19)8-10-18-9-5-11-24(18,22)23/h2-4,6-7,14H,5,8-12H2,1H3,(H,20,21). The molecule has 0 radical (unpaired) electrons. The third kappa shape index (κ3) is 4.55. The Kier molecular flexibility index (Phi) is 5.95. The zero-order valence-electron chi connectivity index (χ0n) is 13.6. The second-order valence-corrected chi connectivity index (χ2v) is 7.96. The number of benzene rings is 1. The van der Waals surface area contributed by atoms with Crippen molar-refractivity contribution < 1.29 is 23.1 Å². The molecule has 0 bridgehead atoms. The highest BCUT2D eigenvalue weighted by Gasteiger charge is 2.30. The van der Waals surface area contributed by atoms with E-state index in [9.17, 15) is 23.1 Å². The van der Waals surface area contributed by atoms with Crippen LogP contribution in [0.2, 0.25) is 0 Å². The number of carbonyl (C=O) groups excluding carboxylic acids is 1. The van der Waals surface area contributed by atoms with Crippen LogP contribution in [0.4, 0.5) is 0 Å². The molecule has 1 fully saturated rings. The van der Waals surface area contributed by atoms with Crippen LogP contribution >= 0.6 is 0 Å². The van der Waals surface area contributed by atoms with E-state index in [4.69, 9.17) is 0 Å². The molecule has 0 aliphatic carbocycles. The summed E-state index contributed by atoms with van der Waals surface area (Å²) in [6, 6.07) is 8.11. The number of aliphatic carboxylic acids is 1. The smallest absolute Gasteiger partial charge is 0.326 e. The fourth-order valence-electron chi connectivity index (χ4n) is 2.74. The predicted octanol–water partition coefficient (Wildman–Crippen LogP) is 0.566. The van der Waals surface area contributed by atoms with Gasteiger partial charge < -0.3 is 10.0 Å². The lowest BCUT2D eigenvalue weighted by atomic mass is 10.0. The van der Waals surface area contributed by atoms with Crippen molar-refractivity contribution in [3.8, 4) is 0 Å². The van der Waals surface area contributed by atoms with E-state index in [-0.39, 0.29) is 31.0 Å². The van der Waals surface area contributed by atoms with Crippen LogP contribution in [-0.4, -0.2) is 66.5 Å². The molecule has 1 aromatic rings. The molecule has 8 heteroatoms. The van der Waals surface area contributed by atoms with E-state index >= 15 is 0 Å². The van der Waals surface area contributed by atoms with Gasteiger partial charge >= 0.3 is 5.97 Å². The highest BCUT2D eigenvalue weighted by molar-refractivity contribution is 7.89. The molecule has 24 heavy (non-hydrogen) atoms. The van der Waals surface area contributed by atoms with Gasteiger partial charge in [-0.1, -0.05) is 30.3 Å². The number of carboxylic acid groups (broad SMARTS) is 1. The first-order valence-electron chi connectivity index (χ1n) is 7.81. The normalized spacial score (nSPS) is 18.2. The zero-order valence-corrected chi connectivity index (χ0v) is 14.4. The summed E-state index contributed by atoms with van der Waals surface area (Å²) in [5.41, 5.74) is 0.826. The minimum atomic E-state index is -3.25. The van der Waals surface area contributed by atoms with E-state index in [1.165, 1.54) is 16.3 Å². The van der Waals surface area contributed by atoms with Gasteiger partial charge in [0.15, 0.2) is 0 Å². The molecule has 1 N–H and O–H groups in total. The maximum absolute atomic E-state index is 12.3. The molecule has 0 spiro atoms. The lowest BCUT2D eigenvalue weighted by Gasteiger charge is -2.26. The molecule has 1 amide bonds. The van der Waals surface area contributed by atoms with E-state index in [1.54, 1.807) is 0 Å². The Morgan fingerprint density at radius 1 is 1.29 bits per heavy atom. The Balaban J connectivity index is 1.97. The number of hydrogen-bond donors (Lipinski definition) is 1. The minimum absolute atomic E-state index is 0.0195. The van der Waals surface area contributed by atoms with E-state index in [1.807, 2.05) is 30.3 Å². The predicted molar refractivity (Wildman–Crippen MR) is 88.9 cm³/mol. The van der Waals surface area contributed by atoms with Crippen LogP contribution in [0.3, 0.4) is 0 Å². The van der Waals surface area contributed by atoms with Crippen molar-refractivity contribution in [1.82, 2.24) is 9.21 Å². The Hall–Kier alpha value is -1.93. The summed E-state index contributed by atoms with van der Waals surface area (Å²) < 4.78 is 24.8. The van der Waals surface area contributed by atoms with Crippen molar-refractivity contribution in [3.63, 3.8) is 0 Å². The van der Waals surface area contributed by atoms with Gasteiger partial charge in [-0.05, 0) is 12.0 Å². The summed E-state index contributed by atoms with van der Waals surface area (Å²) in [7, 11) is -1.80. The third-order valence-corrected chi connectivity index (χ3v) is 6.15. The number of sulfonamides is 1. The zero-order chi connectivity index (χ0) is 17.7. The Morgan fingerprint density at radius 3 is 2.50 bits per heavy atom. The second-order valence-electron chi connectivity index (χ2n) is 5.87. The largest absolute Gasteiger partial charge is 0.480 e. The Labute approximate surface area is 141 Å². The van der Waals surface area contributed by atoms with Crippen molar-refractivity contribution in [1.29, 1.82) is 0 Å². The van der Waals surface area contributed by atoms with Crippen LogP contribution in [0.25, 0.3) is 0 Å². The molecule has 1 atom stereocenters. The average Bonchev–Trinajstić information content (AvgIpc) is 2.88. The van der Waals surface area contributed by atoms with Gasteiger partial charge in [-0.2, -0.15) is 0 Å². The number of hydrogen-bond acceptors (Lipinski definition) is 4. The summed E-state index contributed by atoms with van der Waals surface area (Å²) in [5.74, 6) is -1.34. The summed E-state index contributed by atoms with van der Waals surface area (Å²) in [6.45, 7) is 0.523. The maximum atomic E-state index is 12.3. The number of nitrogens with zero attached hydrogens (tertiary/aromatic N) is 2. The van der Waals surface area contributed by atoms with Crippen LogP contribution in [0, 0.1) is 0 Å². The number of amides is 1. The van der Waals surface area contributed by atoms with Crippen molar-refractivity contribution in [3.05, 3.63) is 35.9 Å². The number of carboxylic acids is 1. The average molecular weight is 354 g/mol. The fourth-order valence-corrected chi connectivity index (χ4v) is 4.27. The van der Waals surface area contributed by atoms with Crippen molar-refractivity contribution in [2.75, 3.05) is 25.9 Å². The molecule has 1 heterocycles. The summed E-state index contributed by atoms with van der Waals surface area (Å²) in [5, 5.41) is 9.42. The van der Waals surface area contributed by atoms with Gasteiger partial charge in [0.2, 0.25) is 15.9 Å². The molecule has 1 aliphatic heterocycles. The van der Waals surface area contributed by atoms with E-state index < -0.39 is 22.0 Å². The minimum Gasteiger partial charge on any atom is -0.480 e. The van der Waals surface area contributed by atoms with E-state index in [2.05, 4.69) is 0 Å². The van der Waals surface area contributed by atoms with Gasteiger partial charge in [0, 0.05) is 33.0 Å². The number of likely N-dealkylation sites (N-methyl/N-ethyl adjacent to an activating group) is 1. The van der Waals surface area contributed by atoms with Crippen LogP contribution in [-0.2, 0) is 26.0 Å². The van der Waals surface area contributed by atoms with Gasteiger partial charge in [-0.25, -0.2) is 17.5 Å². The lowest BCUT2D eigenvalue weighted by molar-refractivity contribution is -0.149. The molecule has 1 unspecified atom stereocenters. The van der Waals surface area contributed by atoms with E-state index in [0.29, 0.717) is 13.0 Å². The van der Waals surface area contributed by atoms with Crippen molar-refractivity contribution >= 4 is 21.9 Å². The maximum Gasteiger partial charge on any atom is 0.326 e. The van der Waals surface area contributed by atoms with Crippen molar-refractivity contribution in [2.24, 2.45) is 0 Å². The quantitative estimate of drug-likeness (QED) is 0.772. The van der Waals surface area contributed by atoms with Crippen LogP contribution in [0.15, 0.2) is 30.3 Å². The summed E-state index contributed by atoms with van der Waals surface area (Å²) in [6.07, 6.45) is 0.757. The molecule has 0 aromatic heterocycles. The molecule has 2 rings (SSSR count). The van der Waals surface area contributed by atoms with Gasteiger partial charge in [0.1, 0.15) is 6.04 Å². The molecule has 1 saturated heterocycles. The van der Waals surface area contributed by atoms with Gasteiger partial charge in [-0.15, -0.1) is 0 Å². The Morgan fingerprint density at radius 2 is 1.96 bits per heavy atom. The molecule has 0 saturated carbocycles. The first kappa shape index (κ1) is 18.4. The first-order valence-corrected chi connectivity index (χ1v) is 9.42. The van der Waals surface area contributed by atoms with Crippen LogP contribution < -0.4 is 0 Å². The highest BCUT2D eigenvalue weighted by atomic mass is 32.2. The topological polar surface area (TPSA) is 95.0 Å². The number of carbonyl (C=O) groups is 2. The molecular weight excluding hydrogens is 332 g/mol. The first-order chi connectivity index (χ1) is 11.3. The molecule has 7 nitrogen and oxygen atoms in total. The van der Waals surface area contributed by atoms with Crippen LogP contribution in [0.1, 0.15) is 18.4 Å². The van der Waals surface area contributed by atoms with Gasteiger partial charge in [0.25, 0.3) is 0 Å². The second kappa shape index (κ2) is 7.76. The van der Waals surface area contributed by atoms with Crippen LogP contribution in [0.5, 0.6) is 0 Å². The summed E-state index contributed by atoms with van der Waals surface area (Å²) in [4.78, 5) is 25.0. The molecular formula is C16H22N2O5S. The lowest BCUT2D eigenvalue weighted by Crippen LogP contribution is -2.44. The fraction of sp³-hybridized carbons (Fsp3) is 0.500. The van der Waals surface area contributed by atoms with Gasteiger partial charge in [0.05, 0.1) is 5.75 Å². The highest BCUT2D eigenvalue weighted by Crippen LogP contribution is 2.15. The summed E-state index contributed by atoms with van der Waals surface area (Å²) >= 11 is 0. The molecule has 132 valence electrons. The van der Waals surface area contributed by atoms with Gasteiger partial charge in [-0.3, -0.25) is 4.79 Å². The monoisotopic (exact) mass is 354 g/mol. The van der Waals surface area contributed by atoms with Crippen molar-refractivity contribution in [2.45, 2.75) is 25.3 Å². The van der Waals surface area contributed by atoms with E-state index in [0.717, 1.165) is 5.56 Å². The SMILES string of the molecule is CN(C(=O)CCN1CCCS1(=O)=O)C(Cc1ccccc1)C(=O)O. The Bertz CT molecular complexity index is 690.